The molecule has 0 aliphatic heterocycles. The van der Waals surface area contributed by atoms with E-state index in [-0.39, 0.29) is 11.7 Å². The first-order chi connectivity index (χ1) is 11.2. The monoisotopic (exact) mass is 310 g/mol. The molecule has 0 spiro atoms. The van der Waals surface area contributed by atoms with Crippen molar-refractivity contribution in [2.45, 2.75) is 25.3 Å². The number of hydrogen-bond acceptors (Lipinski definition) is 3. The first kappa shape index (κ1) is 13.9. The Hall–Kier alpha value is -2.76. The van der Waals surface area contributed by atoms with Crippen LogP contribution < -0.4 is 5.32 Å². The maximum atomic E-state index is 13.6. The molecular weight excluding hydrogens is 295 g/mol. The Morgan fingerprint density at radius 2 is 2.22 bits per heavy atom. The predicted molar refractivity (Wildman–Crippen MR) is 83.4 cm³/mol. The van der Waals surface area contributed by atoms with E-state index in [9.17, 15) is 9.18 Å². The molecule has 0 saturated heterocycles. The van der Waals surface area contributed by atoms with Gasteiger partial charge in [0.15, 0.2) is 0 Å². The molecule has 116 valence electrons. The number of rotatable bonds is 4. The highest BCUT2D eigenvalue weighted by atomic mass is 19.1. The van der Waals surface area contributed by atoms with Crippen molar-refractivity contribution < 1.29 is 9.18 Å². The largest absolute Gasteiger partial charge is 0.347 e. The number of fused-ring (bicyclic) bond motifs is 1. The van der Waals surface area contributed by atoms with E-state index in [4.69, 9.17) is 0 Å². The lowest BCUT2D eigenvalue weighted by atomic mass is 10.1. The second-order valence-electron chi connectivity index (χ2n) is 5.75. The molecule has 0 bridgehead atoms. The van der Waals surface area contributed by atoms with Crippen LogP contribution in [0.3, 0.4) is 0 Å². The molecule has 5 nitrogen and oxygen atoms in total. The first-order valence-corrected chi connectivity index (χ1v) is 7.57. The van der Waals surface area contributed by atoms with Crippen molar-refractivity contribution in [1.29, 1.82) is 0 Å². The minimum Gasteiger partial charge on any atom is -0.347 e. The van der Waals surface area contributed by atoms with E-state index in [1.165, 1.54) is 12.1 Å². The van der Waals surface area contributed by atoms with E-state index >= 15 is 0 Å². The molecule has 3 aromatic rings. The summed E-state index contributed by atoms with van der Waals surface area (Å²) in [5, 5.41) is 3.35. The van der Waals surface area contributed by atoms with Crippen LogP contribution in [0.5, 0.6) is 0 Å². The quantitative estimate of drug-likeness (QED) is 0.778. The van der Waals surface area contributed by atoms with Crippen molar-refractivity contribution in [2.75, 3.05) is 0 Å². The summed E-state index contributed by atoms with van der Waals surface area (Å²) in [4.78, 5) is 24.1. The lowest BCUT2D eigenvalue weighted by molar-refractivity contribution is 0.0951. The summed E-state index contributed by atoms with van der Waals surface area (Å²) in [6.07, 6.45) is 5.51. The minimum absolute atomic E-state index is 0.249. The van der Waals surface area contributed by atoms with Crippen LogP contribution in [0, 0.1) is 5.82 Å². The Morgan fingerprint density at radius 3 is 2.96 bits per heavy atom. The summed E-state index contributed by atoms with van der Waals surface area (Å²) in [5.74, 6) is 0.464. The molecule has 0 atom stereocenters. The van der Waals surface area contributed by atoms with Gasteiger partial charge in [-0.1, -0.05) is 0 Å². The highest BCUT2D eigenvalue weighted by molar-refractivity contribution is 6.06. The third-order valence-electron chi connectivity index (χ3n) is 4.00. The fourth-order valence-corrected chi connectivity index (χ4v) is 2.65. The van der Waals surface area contributed by atoms with Crippen molar-refractivity contribution in [1.82, 2.24) is 20.3 Å². The number of nitrogens with zero attached hydrogens (tertiary/aromatic N) is 2. The fourth-order valence-electron chi connectivity index (χ4n) is 2.65. The molecule has 23 heavy (non-hydrogen) atoms. The second kappa shape index (κ2) is 5.46. The number of hydrogen-bond donors (Lipinski definition) is 2. The van der Waals surface area contributed by atoms with Gasteiger partial charge in [-0.2, -0.15) is 0 Å². The molecule has 1 aromatic carbocycles. The number of H-pyrrole nitrogens is 1. The van der Waals surface area contributed by atoms with Crippen LogP contribution in [0.25, 0.3) is 10.9 Å². The lowest BCUT2D eigenvalue weighted by Gasteiger charge is -2.10. The van der Waals surface area contributed by atoms with Crippen LogP contribution in [-0.2, 0) is 6.54 Å². The van der Waals surface area contributed by atoms with Crippen LogP contribution in [0.4, 0.5) is 4.39 Å². The average Bonchev–Trinajstić information content (AvgIpc) is 3.28. The zero-order valence-corrected chi connectivity index (χ0v) is 12.3. The van der Waals surface area contributed by atoms with Crippen LogP contribution in [-0.4, -0.2) is 20.9 Å². The highest BCUT2D eigenvalue weighted by Gasteiger charge is 2.27. The maximum Gasteiger partial charge on any atom is 0.252 e. The van der Waals surface area contributed by atoms with Gasteiger partial charge in [-0.15, -0.1) is 0 Å². The van der Waals surface area contributed by atoms with Gasteiger partial charge in [0.2, 0.25) is 0 Å². The Balaban J connectivity index is 1.71. The van der Waals surface area contributed by atoms with Gasteiger partial charge in [0.25, 0.3) is 5.91 Å². The number of pyridine rings is 1. The van der Waals surface area contributed by atoms with E-state index in [0.29, 0.717) is 34.8 Å². The van der Waals surface area contributed by atoms with Gasteiger partial charge in [-0.05, 0) is 37.1 Å². The van der Waals surface area contributed by atoms with E-state index in [2.05, 4.69) is 20.3 Å². The summed E-state index contributed by atoms with van der Waals surface area (Å²) in [6, 6.07) is 6.15. The minimum atomic E-state index is -0.376. The van der Waals surface area contributed by atoms with E-state index in [0.717, 1.165) is 18.5 Å². The molecule has 1 aliphatic carbocycles. The molecule has 0 unspecified atom stereocenters. The van der Waals surface area contributed by atoms with Crippen LogP contribution in [0.1, 0.15) is 40.6 Å². The van der Waals surface area contributed by atoms with Gasteiger partial charge in [0, 0.05) is 29.4 Å². The molecule has 0 radical (unpaired) electrons. The molecule has 2 N–H and O–H groups in total. The Kier molecular flexibility index (Phi) is 3.29. The topological polar surface area (TPSA) is 70.7 Å². The zero-order valence-electron chi connectivity index (χ0n) is 12.3. The van der Waals surface area contributed by atoms with Gasteiger partial charge in [0.1, 0.15) is 11.6 Å². The Bertz CT molecular complexity index is 872. The number of halogens is 1. The highest BCUT2D eigenvalue weighted by Crippen LogP contribution is 2.40. The SMILES string of the molecule is O=C(NCc1ncc[nH]1)c1cc(C2CC2)nc2ccc(F)cc12. The second-order valence-corrected chi connectivity index (χ2v) is 5.75. The third-order valence-corrected chi connectivity index (χ3v) is 4.00. The lowest BCUT2D eigenvalue weighted by Crippen LogP contribution is -2.24. The molecule has 2 heterocycles. The van der Waals surface area contributed by atoms with Gasteiger partial charge >= 0.3 is 0 Å². The van der Waals surface area contributed by atoms with Crippen LogP contribution in [0.2, 0.25) is 0 Å². The van der Waals surface area contributed by atoms with Gasteiger partial charge in [-0.3, -0.25) is 9.78 Å². The summed E-state index contributed by atoms with van der Waals surface area (Å²) in [7, 11) is 0. The summed E-state index contributed by atoms with van der Waals surface area (Å²) in [6.45, 7) is 0.295. The molecule has 1 aliphatic rings. The number of imidazole rings is 1. The van der Waals surface area contributed by atoms with Gasteiger partial charge in [0.05, 0.1) is 17.6 Å². The van der Waals surface area contributed by atoms with Crippen molar-refractivity contribution in [3.05, 3.63) is 59.6 Å². The molecule has 2 aromatic heterocycles. The molecule has 6 heteroatoms. The van der Waals surface area contributed by atoms with Crippen molar-refractivity contribution in [2.24, 2.45) is 0 Å². The third kappa shape index (κ3) is 2.79. The Labute approximate surface area is 132 Å². The van der Waals surface area contributed by atoms with Crippen molar-refractivity contribution in [3.8, 4) is 0 Å². The summed E-state index contributed by atoms with van der Waals surface area (Å²) in [5.41, 5.74) is 2.02. The number of benzene rings is 1. The van der Waals surface area contributed by atoms with E-state index in [1.54, 1.807) is 24.5 Å². The van der Waals surface area contributed by atoms with Crippen molar-refractivity contribution >= 4 is 16.8 Å². The smallest absolute Gasteiger partial charge is 0.252 e. The normalized spacial score (nSPS) is 14.1. The van der Waals surface area contributed by atoms with E-state index in [1.807, 2.05) is 0 Å². The fraction of sp³-hybridized carbons (Fsp3) is 0.235. The standard InChI is InChI=1S/C17H15FN4O/c18-11-3-4-14-12(7-11)13(8-15(22-14)10-1-2-10)17(23)21-9-16-19-5-6-20-16/h3-8,10H,1-2,9H2,(H,19,20)(H,21,23). The van der Waals surface area contributed by atoms with E-state index < -0.39 is 0 Å². The number of carbonyl (C=O) groups excluding carboxylic acids is 1. The van der Waals surface area contributed by atoms with Crippen LogP contribution in [0.15, 0.2) is 36.7 Å². The molecule has 1 fully saturated rings. The predicted octanol–water partition coefficient (Wildman–Crippen LogP) is 2.90. The van der Waals surface area contributed by atoms with Gasteiger partial charge < -0.3 is 10.3 Å². The molecular formula is C17H15FN4O. The first-order valence-electron chi connectivity index (χ1n) is 7.57. The number of nitrogens with one attached hydrogen (secondary N) is 2. The zero-order chi connectivity index (χ0) is 15.8. The molecule has 1 amide bonds. The number of aromatic amines is 1. The summed E-state index contributed by atoms with van der Waals surface area (Å²) >= 11 is 0. The Morgan fingerprint density at radius 1 is 1.35 bits per heavy atom. The average molecular weight is 310 g/mol. The molecule has 4 rings (SSSR count). The number of aromatic nitrogens is 3. The van der Waals surface area contributed by atoms with Gasteiger partial charge in [-0.25, -0.2) is 9.37 Å². The summed E-state index contributed by atoms with van der Waals surface area (Å²) < 4.78 is 13.6. The number of amides is 1. The van der Waals surface area contributed by atoms with Crippen molar-refractivity contribution in [3.63, 3.8) is 0 Å². The van der Waals surface area contributed by atoms with Crippen LogP contribution >= 0.6 is 0 Å². The molecule has 1 saturated carbocycles. The number of carbonyl (C=O) groups is 1. The maximum absolute atomic E-state index is 13.6.